The van der Waals surface area contributed by atoms with Crippen LogP contribution in [0.25, 0.3) is 0 Å². The molecule has 38 heavy (non-hydrogen) atoms. The van der Waals surface area contributed by atoms with Crippen LogP contribution in [0, 0.1) is 47.1 Å². The molecule has 4 fully saturated rings. The minimum absolute atomic E-state index is 0.0250. The number of rotatable bonds is 7. The van der Waals surface area contributed by atoms with Crippen molar-refractivity contribution in [2.24, 2.45) is 35.5 Å². The molecule has 3 saturated carbocycles. The molecule has 1 aromatic carbocycles. The maximum absolute atomic E-state index is 14.7. The van der Waals surface area contributed by atoms with Crippen molar-refractivity contribution >= 4 is 0 Å². The third kappa shape index (κ3) is 6.48. The topological polar surface area (TPSA) is 18.5 Å². The zero-order chi connectivity index (χ0) is 26.5. The SMILES string of the molecule is CC=CC1CCC(C2CCC(C3CCC(C4CCC(c5ccc(OCC)c(F)c5F)CC4)CO3)CC2)CC1. The second-order valence-electron chi connectivity index (χ2n) is 12.9. The van der Waals surface area contributed by atoms with Crippen LogP contribution in [-0.4, -0.2) is 19.3 Å². The van der Waals surface area contributed by atoms with Gasteiger partial charge in [-0.25, -0.2) is 4.39 Å². The highest BCUT2D eigenvalue weighted by molar-refractivity contribution is 5.33. The molecule has 2 unspecified atom stereocenters. The third-order valence-corrected chi connectivity index (χ3v) is 10.9. The van der Waals surface area contributed by atoms with Gasteiger partial charge in [-0.15, -0.1) is 0 Å². The van der Waals surface area contributed by atoms with Gasteiger partial charge in [-0.2, -0.15) is 4.39 Å². The molecule has 2 atom stereocenters. The van der Waals surface area contributed by atoms with Gasteiger partial charge in [-0.05, 0) is 157 Å². The molecular formula is C34H50F2O2. The van der Waals surface area contributed by atoms with Gasteiger partial charge in [-0.1, -0.05) is 18.2 Å². The number of hydrogen-bond acceptors (Lipinski definition) is 2. The molecule has 212 valence electrons. The molecule has 5 rings (SSSR count). The van der Waals surface area contributed by atoms with Crippen molar-refractivity contribution in [3.63, 3.8) is 0 Å². The summed E-state index contributed by atoms with van der Waals surface area (Å²) in [7, 11) is 0. The lowest BCUT2D eigenvalue weighted by Gasteiger charge is -2.43. The third-order valence-electron chi connectivity index (χ3n) is 10.9. The van der Waals surface area contributed by atoms with Crippen molar-refractivity contribution in [1.82, 2.24) is 0 Å². The molecule has 4 aliphatic rings. The summed E-state index contributed by atoms with van der Waals surface area (Å²) in [5.74, 6) is 3.42. The Bertz CT molecular complexity index is 897. The normalized spacial score (nSPS) is 36.8. The summed E-state index contributed by atoms with van der Waals surface area (Å²) in [6, 6.07) is 3.34. The van der Waals surface area contributed by atoms with E-state index in [0.717, 1.165) is 56.0 Å². The Hall–Kier alpha value is -1.42. The van der Waals surface area contributed by atoms with Gasteiger partial charge in [0, 0.05) is 0 Å². The van der Waals surface area contributed by atoms with Crippen LogP contribution in [0.15, 0.2) is 24.3 Å². The van der Waals surface area contributed by atoms with E-state index < -0.39 is 11.6 Å². The summed E-state index contributed by atoms with van der Waals surface area (Å²) in [6.45, 7) is 5.18. The van der Waals surface area contributed by atoms with E-state index in [4.69, 9.17) is 9.47 Å². The monoisotopic (exact) mass is 528 g/mol. The summed E-state index contributed by atoms with van der Waals surface area (Å²) < 4.78 is 40.9. The van der Waals surface area contributed by atoms with Crippen LogP contribution in [0.4, 0.5) is 8.78 Å². The van der Waals surface area contributed by atoms with Crippen LogP contribution < -0.4 is 4.74 Å². The fourth-order valence-corrected chi connectivity index (χ4v) is 8.64. The lowest BCUT2D eigenvalue weighted by Crippen LogP contribution is -2.37. The Morgan fingerprint density at radius 1 is 0.737 bits per heavy atom. The van der Waals surface area contributed by atoms with Gasteiger partial charge in [0.25, 0.3) is 0 Å². The highest BCUT2D eigenvalue weighted by atomic mass is 19.2. The molecular weight excluding hydrogens is 478 g/mol. The Kier molecular flexibility index (Phi) is 9.84. The molecule has 4 heteroatoms. The van der Waals surface area contributed by atoms with Crippen LogP contribution in [-0.2, 0) is 4.74 Å². The van der Waals surface area contributed by atoms with Crippen molar-refractivity contribution in [2.45, 2.75) is 116 Å². The minimum Gasteiger partial charge on any atom is -0.491 e. The number of ether oxygens (including phenoxy) is 2. The first-order valence-electron chi connectivity index (χ1n) is 15.9. The van der Waals surface area contributed by atoms with E-state index >= 15 is 0 Å². The van der Waals surface area contributed by atoms with Gasteiger partial charge in [0.05, 0.1) is 19.3 Å². The Balaban J connectivity index is 1.03. The molecule has 1 saturated heterocycles. The lowest BCUT2D eigenvalue weighted by atomic mass is 9.67. The smallest absolute Gasteiger partial charge is 0.200 e. The van der Waals surface area contributed by atoms with E-state index in [1.807, 2.05) is 0 Å². The summed E-state index contributed by atoms with van der Waals surface area (Å²) in [4.78, 5) is 0. The standard InChI is InChI=1S/C34H50F2O2/c1-3-5-23-6-8-24(9-7-23)25-12-16-28(17-13-25)31-20-18-29(22-38-31)26-10-14-27(15-11-26)30-19-21-32(37-4-2)34(36)33(30)35/h3,5,19,21,23-29,31H,4,6-18,20,22H2,1-2H3. The molecule has 0 radical (unpaired) electrons. The number of halogens is 2. The van der Waals surface area contributed by atoms with E-state index in [-0.39, 0.29) is 11.7 Å². The fraction of sp³-hybridized carbons (Fsp3) is 0.765. The number of benzene rings is 1. The number of hydrogen-bond donors (Lipinski definition) is 0. The van der Waals surface area contributed by atoms with E-state index in [1.165, 1.54) is 64.2 Å². The zero-order valence-electron chi connectivity index (χ0n) is 23.8. The largest absolute Gasteiger partial charge is 0.491 e. The Morgan fingerprint density at radius 3 is 1.92 bits per heavy atom. The molecule has 3 aliphatic carbocycles. The molecule has 0 spiro atoms. The highest BCUT2D eigenvalue weighted by Gasteiger charge is 2.37. The molecule has 2 nitrogen and oxygen atoms in total. The van der Waals surface area contributed by atoms with Crippen molar-refractivity contribution in [3.8, 4) is 5.75 Å². The minimum atomic E-state index is -0.830. The second kappa shape index (κ2) is 13.3. The molecule has 0 N–H and O–H groups in total. The highest BCUT2D eigenvalue weighted by Crippen LogP contribution is 2.46. The van der Waals surface area contributed by atoms with Gasteiger partial charge < -0.3 is 9.47 Å². The van der Waals surface area contributed by atoms with E-state index in [0.29, 0.717) is 30.1 Å². The van der Waals surface area contributed by atoms with Crippen molar-refractivity contribution in [1.29, 1.82) is 0 Å². The van der Waals surface area contributed by atoms with Crippen molar-refractivity contribution in [3.05, 3.63) is 41.5 Å². The maximum Gasteiger partial charge on any atom is 0.200 e. The fourth-order valence-electron chi connectivity index (χ4n) is 8.64. The van der Waals surface area contributed by atoms with Crippen LogP contribution in [0.2, 0.25) is 0 Å². The lowest BCUT2D eigenvalue weighted by molar-refractivity contribution is -0.0749. The number of allylic oxidation sites excluding steroid dienone is 2. The molecule has 0 aromatic heterocycles. The Morgan fingerprint density at radius 2 is 1.32 bits per heavy atom. The first kappa shape index (κ1) is 28.1. The van der Waals surface area contributed by atoms with Gasteiger partial charge in [0.1, 0.15) is 0 Å². The van der Waals surface area contributed by atoms with Crippen LogP contribution in [0.3, 0.4) is 0 Å². The first-order chi connectivity index (χ1) is 18.6. The Labute approximate surface area is 229 Å². The maximum atomic E-state index is 14.7. The van der Waals surface area contributed by atoms with Gasteiger partial charge >= 0.3 is 0 Å². The van der Waals surface area contributed by atoms with Crippen molar-refractivity contribution in [2.75, 3.05) is 13.2 Å². The van der Waals surface area contributed by atoms with Gasteiger partial charge in [0.15, 0.2) is 11.6 Å². The van der Waals surface area contributed by atoms with Gasteiger partial charge in [-0.3, -0.25) is 0 Å². The van der Waals surface area contributed by atoms with Crippen LogP contribution >= 0.6 is 0 Å². The summed E-state index contributed by atoms with van der Waals surface area (Å²) in [5.41, 5.74) is 0.533. The van der Waals surface area contributed by atoms with E-state index in [1.54, 1.807) is 19.1 Å². The zero-order valence-corrected chi connectivity index (χ0v) is 23.8. The van der Waals surface area contributed by atoms with E-state index in [9.17, 15) is 8.78 Å². The summed E-state index contributed by atoms with van der Waals surface area (Å²) in [5, 5.41) is 0. The quantitative estimate of drug-likeness (QED) is 0.328. The van der Waals surface area contributed by atoms with Crippen molar-refractivity contribution < 1.29 is 18.3 Å². The predicted octanol–water partition coefficient (Wildman–Crippen LogP) is 9.62. The average Bonchev–Trinajstić information content (AvgIpc) is 2.97. The molecule has 0 amide bonds. The average molecular weight is 529 g/mol. The predicted molar refractivity (Wildman–Crippen MR) is 150 cm³/mol. The van der Waals surface area contributed by atoms with Gasteiger partial charge in [0.2, 0.25) is 5.82 Å². The molecule has 1 aromatic rings. The summed E-state index contributed by atoms with van der Waals surface area (Å²) in [6.07, 6.45) is 22.9. The molecule has 1 heterocycles. The first-order valence-corrected chi connectivity index (χ1v) is 15.9. The van der Waals surface area contributed by atoms with E-state index in [2.05, 4.69) is 19.1 Å². The second-order valence-corrected chi connectivity index (χ2v) is 12.9. The van der Waals surface area contributed by atoms with Crippen LogP contribution in [0.5, 0.6) is 5.75 Å². The summed E-state index contributed by atoms with van der Waals surface area (Å²) >= 11 is 0. The van der Waals surface area contributed by atoms with Crippen LogP contribution in [0.1, 0.15) is 115 Å². The molecule has 0 bridgehead atoms. The molecule has 1 aliphatic heterocycles.